The van der Waals surface area contributed by atoms with Crippen molar-refractivity contribution in [1.82, 2.24) is 15.1 Å². The zero-order valence-corrected chi connectivity index (χ0v) is 15.5. The van der Waals surface area contributed by atoms with E-state index in [0.29, 0.717) is 5.69 Å². The van der Waals surface area contributed by atoms with E-state index in [-0.39, 0.29) is 5.91 Å². The van der Waals surface area contributed by atoms with Gasteiger partial charge in [0.1, 0.15) is 0 Å². The van der Waals surface area contributed by atoms with Gasteiger partial charge in [0.15, 0.2) is 5.69 Å². The molecule has 6 nitrogen and oxygen atoms in total. The summed E-state index contributed by atoms with van der Waals surface area (Å²) in [6, 6.07) is 7.61. The molecule has 2 aromatic rings. The van der Waals surface area contributed by atoms with Crippen LogP contribution in [0.2, 0.25) is 0 Å². The number of nitrogens with one attached hydrogen (secondary N) is 1. The zero-order valence-electron chi connectivity index (χ0n) is 15.5. The van der Waals surface area contributed by atoms with Gasteiger partial charge >= 0.3 is 5.97 Å². The highest BCUT2D eigenvalue weighted by molar-refractivity contribution is 5.94. The molecular formula is C20H25N3O3. The summed E-state index contributed by atoms with van der Waals surface area (Å²) < 4.78 is 1.87. The Labute approximate surface area is 153 Å². The van der Waals surface area contributed by atoms with Gasteiger partial charge < -0.3 is 10.4 Å². The summed E-state index contributed by atoms with van der Waals surface area (Å²) in [6.07, 6.45) is 3.84. The molecule has 0 radical (unpaired) electrons. The number of hydrogen-bond acceptors (Lipinski definition) is 3. The van der Waals surface area contributed by atoms with Gasteiger partial charge in [0, 0.05) is 17.3 Å². The van der Waals surface area contributed by atoms with Crippen LogP contribution < -0.4 is 5.32 Å². The topological polar surface area (TPSA) is 84.2 Å². The van der Waals surface area contributed by atoms with E-state index in [1.54, 1.807) is 13.8 Å². The van der Waals surface area contributed by atoms with Crippen molar-refractivity contribution < 1.29 is 14.7 Å². The number of rotatable bonds is 5. The Kier molecular flexibility index (Phi) is 5.11. The number of carboxylic acids is 1. The molecule has 0 saturated carbocycles. The quantitative estimate of drug-likeness (QED) is 0.864. The minimum absolute atomic E-state index is 0.297. The van der Waals surface area contributed by atoms with Gasteiger partial charge in [-0.3, -0.25) is 9.59 Å². The molecule has 3 rings (SSSR count). The number of amides is 1. The molecule has 0 saturated heterocycles. The molecule has 2 N–H and O–H groups in total. The lowest BCUT2D eigenvalue weighted by atomic mass is 9.95. The molecule has 1 aromatic heterocycles. The number of benzene rings is 1. The van der Waals surface area contributed by atoms with Crippen molar-refractivity contribution in [3.05, 3.63) is 46.8 Å². The summed E-state index contributed by atoms with van der Waals surface area (Å²) in [5, 5.41) is 16.5. The van der Waals surface area contributed by atoms with Crippen molar-refractivity contribution >= 4 is 11.9 Å². The van der Waals surface area contributed by atoms with Crippen LogP contribution in [-0.2, 0) is 17.6 Å². The second-order valence-electron chi connectivity index (χ2n) is 7.12. The lowest BCUT2D eigenvalue weighted by Crippen LogP contribution is -2.40. The maximum atomic E-state index is 12.8. The highest BCUT2D eigenvalue weighted by Gasteiger charge is 2.28. The van der Waals surface area contributed by atoms with E-state index >= 15 is 0 Å². The van der Waals surface area contributed by atoms with Crippen LogP contribution in [0.1, 0.15) is 54.0 Å². The summed E-state index contributed by atoms with van der Waals surface area (Å²) in [7, 11) is 0. The number of fused-ring (bicyclic) bond motifs is 1. The first-order valence-corrected chi connectivity index (χ1v) is 9.10. The van der Waals surface area contributed by atoms with Crippen molar-refractivity contribution in [3.8, 4) is 5.69 Å². The maximum absolute atomic E-state index is 12.8. The number of hydrogen-bond donors (Lipinski definition) is 2. The number of carbonyl (C=O) groups excluding carboxylic acids is 1. The summed E-state index contributed by atoms with van der Waals surface area (Å²) in [5.41, 5.74) is 4.61. The first-order chi connectivity index (χ1) is 12.4. The Morgan fingerprint density at radius 1 is 1.15 bits per heavy atom. The molecule has 1 aliphatic rings. The standard InChI is InChI=1S/C20H25N3O3/c1-12-8-10-15(11-9-12)23-17-7-5-4-6-16(17)18(22-23)19(24)21-14(3)13(2)20(25)26/h8-11,13-14H,4-7H2,1-3H3,(H,21,24)(H,25,26). The lowest BCUT2D eigenvalue weighted by molar-refractivity contribution is -0.141. The van der Waals surface area contributed by atoms with E-state index in [2.05, 4.69) is 10.4 Å². The third-order valence-electron chi connectivity index (χ3n) is 5.17. The van der Waals surface area contributed by atoms with Crippen LogP contribution in [0.5, 0.6) is 0 Å². The van der Waals surface area contributed by atoms with Crippen LogP contribution in [0.15, 0.2) is 24.3 Å². The third kappa shape index (κ3) is 3.49. The molecule has 0 aliphatic heterocycles. The van der Waals surface area contributed by atoms with Gasteiger partial charge in [-0.15, -0.1) is 0 Å². The van der Waals surface area contributed by atoms with Crippen LogP contribution in [0, 0.1) is 12.8 Å². The molecule has 1 aromatic carbocycles. The summed E-state index contributed by atoms with van der Waals surface area (Å²) in [5.74, 6) is -1.88. The fourth-order valence-electron chi connectivity index (χ4n) is 3.29. The first-order valence-electron chi connectivity index (χ1n) is 9.10. The molecule has 1 amide bonds. The summed E-state index contributed by atoms with van der Waals surface area (Å²) in [6.45, 7) is 5.33. The van der Waals surface area contributed by atoms with E-state index in [9.17, 15) is 9.59 Å². The fourth-order valence-corrected chi connectivity index (χ4v) is 3.29. The van der Waals surface area contributed by atoms with Gasteiger partial charge in [-0.25, -0.2) is 4.68 Å². The average molecular weight is 355 g/mol. The van der Waals surface area contributed by atoms with E-state index < -0.39 is 17.9 Å². The molecule has 0 bridgehead atoms. The maximum Gasteiger partial charge on any atom is 0.308 e. The van der Waals surface area contributed by atoms with E-state index in [0.717, 1.165) is 42.6 Å². The summed E-state index contributed by atoms with van der Waals surface area (Å²) in [4.78, 5) is 23.9. The van der Waals surface area contributed by atoms with Crippen molar-refractivity contribution in [2.24, 2.45) is 5.92 Å². The molecule has 2 atom stereocenters. The van der Waals surface area contributed by atoms with E-state index in [1.165, 1.54) is 5.56 Å². The monoisotopic (exact) mass is 355 g/mol. The van der Waals surface area contributed by atoms with Crippen LogP contribution in [0.3, 0.4) is 0 Å². The predicted molar refractivity (Wildman–Crippen MR) is 98.7 cm³/mol. The molecule has 26 heavy (non-hydrogen) atoms. The second-order valence-corrected chi connectivity index (χ2v) is 7.12. The lowest BCUT2D eigenvalue weighted by Gasteiger charge is -2.18. The molecule has 1 heterocycles. The number of aromatic nitrogens is 2. The smallest absolute Gasteiger partial charge is 0.308 e. The Hall–Kier alpha value is -2.63. The van der Waals surface area contributed by atoms with Crippen LogP contribution in [-0.4, -0.2) is 32.8 Å². The molecule has 2 unspecified atom stereocenters. The van der Waals surface area contributed by atoms with Crippen LogP contribution >= 0.6 is 0 Å². The first kappa shape index (κ1) is 18.2. The summed E-state index contributed by atoms with van der Waals surface area (Å²) >= 11 is 0. The number of carbonyl (C=O) groups is 2. The van der Waals surface area contributed by atoms with E-state index in [4.69, 9.17) is 5.11 Å². The highest BCUT2D eigenvalue weighted by Crippen LogP contribution is 2.27. The molecule has 1 aliphatic carbocycles. The molecule has 6 heteroatoms. The number of aliphatic carboxylic acids is 1. The molecular weight excluding hydrogens is 330 g/mol. The Balaban J connectivity index is 1.93. The van der Waals surface area contributed by atoms with Crippen molar-refractivity contribution in [2.45, 2.75) is 52.5 Å². The second kappa shape index (κ2) is 7.32. The molecule has 0 fully saturated rings. The minimum atomic E-state index is -0.926. The van der Waals surface area contributed by atoms with Gasteiger partial charge in [-0.05, 0) is 58.6 Å². The minimum Gasteiger partial charge on any atom is -0.481 e. The largest absolute Gasteiger partial charge is 0.481 e. The van der Waals surface area contributed by atoms with E-state index in [1.807, 2.05) is 35.9 Å². The third-order valence-corrected chi connectivity index (χ3v) is 5.17. The Morgan fingerprint density at radius 2 is 1.81 bits per heavy atom. The average Bonchev–Trinajstić information content (AvgIpc) is 3.01. The Bertz CT molecular complexity index is 824. The van der Waals surface area contributed by atoms with Crippen LogP contribution in [0.25, 0.3) is 5.69 Å². The van der Waals surface area contributed by atoms with Gasteiger partial charge in [0.05, 0.1) is 11.6 Å². The Morgan fingerprint density at radius 3 is 2.46 bits per heavy atom. The van der Waals surface area contributed by atoms with Crippen molar-refractivity contribution in [1.29, 1.82) is 0 Å². The highest BCUT2D eigenvalue weighted by atomic mass is 16.4. The zero-order chi connectivity index (χ0) is 18.8. The van der Waals surface area contributed by atoms with Crippen molar-refractivity contribution in [3.63, 3.8) is 0 Å². The van der Waals surface area contributed by atoms with Gasteiger partial charge in [-0.2, -0.15) is 5.10 Å². The van der Waals surface area contributed by atoms with Gasteiger partial charge in [-0.1, -0.05) is 17.7 Å². The number of aryl methyl sites for hydroxylation is 1. The SMILES string of the molecule is Cc1ccc(-n2nc(C(=O)NC(C)C(C)C(=O)O)c3c2CCCC3)cc1. The molecule has 0 spiro atoms. The normalized spacial score (nSPS) is 15.8. The van der Waals surface area contributed by atoms with Gasteiger partial charge in [0.25, 0.3) is 5.91 Å². The number of carboxylic acid groups (broad SMARTS) is 1. The number of nitrogens with zero attached hydrogens (tertiary/aromatic N) is 2. The predicted octanol–water partition coefficient (Wildman–Crippen LogP) is 2.90. The van der Waals surface area contributed by atoms with Crippen molar-refractivity contribution in [2.75, 3.05) is 0 Å². The fraction of sp³-hybridized carbons (Fsp3) is 0.450. The van der Waals surface area contributed by atoms with Gasteiger partial charge in [0.2, 0.25) is 0 Å². The van der Waals surface area contributed by atoms with Crippen LogP contribution in [0.4, 0.5) is 0 Å². The molecule has 138 valence electrons.